The Bertz CT molecular complexity index is 265. The summed E-state index contributed by atoms with van der Waals surface area (Å²) in [4.78, 5) is 23.9. The molecule has 98 valence electrons. The Labute approximate surface area is 101 Å². The number of nitrogens with one attached hydrogen (secondary N) is 1. The third kappa shape index (κ3) is 5.14. The Kier molecular flexibility index (Phi) is 5.93. The second-order valence-corrected chi connectivity index (χ2v) is 4.40. The fraction of sp³-hybridized carbons (Fsp3) is 0.818. The Balaban J connectivity index is 2.46. The number of hydrogen-bond acceptors (Lipinski definition) is 4. The van der Waals surface area contributed by atoms with Crippen molar-refractivity contribution in [2.45, 2.75) is 38.1 Å². The van der Waals surface area contributed by atoms with Crippen LogP contribution in [-0.2, 0) is 4.79 Å². The van der Waals surface area contributed by atoms with Gasteiger partial charge in [0.25, 0.3) is 0 Å². The van der Waals surface area contributed by atoms with Crippen LogP contribution in [0, 0.1) is 0 Å². The molecule has 0 aromatic rings. The largest absolute Gasteiger partial charge is 0.395 e. The van der Waals surface area contributed by atoms with E-state index in [1.165, 1.54) is 6.42 Å². The molecule has 17 heavy (non-hydrogen) atoms. The zero-order valence-electron chi connectivity index (χ0n) is 10.0. The third-order valence-electron chi connectivity index (χ3n) is 3.09. The summed E-state index contributed by atoms with van der Waals surface area (Å²) < 4.78 is 0. The maximum absolute atomic E-state index is 11.4. The van der Waals surface area contributed by atoms with Crippen molar-refractivity contribution in [1.82, 2.24) is 10.2 Å². The summed E-state index contributed by atoms with van der Waals surface area (Å²) in [6, 6.07) is -0.503. The van der Waals surface area contributed by atoms with Gasteiger partial charge in [-0.1, -0.05) is 19.3 Å². The minimum Gasteiger partial charge on any atom is -0.395 e. The predicted molar refractivity (Wildman–Crippen MR) is 63.3 cm³/mol. The SMILES string of the molecule is NC(=O)NC(=O)CN(CCO)C1CCCCC1. The van der Waals surface area contributed by atoms with E-state index in [9.17, 15) is 9.59 Å². The lowest BCUT2D eigenvalue weighted by Gasteiger charge is -2.33. The van der Waals surface area contributed by atoms with Gasteiger partial charge in [0.2, 0.25) is 5.91 Å². The van der Waals surface area contributed by atoms with Crippen molar-refractivity contribution >= 4 is 11.9 Å². The van der Waals surface area contributed by atoms with Crippen molar-refractivity contribution in [2.24, 2.45) is 5.73 Å². The maximum Gasteiger partial charge on any atom is 0.318 e. The van der Waals surface area contributed by atoms with E-state index >= 15 is 0 Å². The second kappa shape index (κ2) is 7.24. The Morgan fingerprint density at radius 3 is 2.47 bits per heavy atom. The molecule has 1 aliphatic rings. The van der Waals surface area contributed by atoms with Gasteiger partial charge in [0, 0.05) is 12.6 Å². The molecule has 3 amide bonds. The summed E-state index contributed by atoms with van der Waals surface area (Å²) in [7, 11) is 0. The summed E-state index contributed by atoms with van der Waals surface area (Å²) in [5.41, 5.74) is 4.88. The van der Waals surface area contributed by atoms with Crippen LogP contribution in [0.3, 0.4) is 0 Å². The molecular weight excluding hydrogens is 222 g/mol. The van der Waals surface area contributed by atoms with Crippen LogP contribution in [-0.4, -0.2) is 47.7 Å². The van der Waals surface area contributed by atoms with Crippen LogP contribution in [0.2, 0.25) is 0 Å². The number of nitrogens with zero attached hydrogens (tertiary/aromatic N) is 1. The molecule has 4 N–H and O–H groups in total. The summed E-state index contributed by atoms with van der Waals surface area (Å²) in [6.45, 7) is 0.589. The molecule has 0 aliphatic heterocycles. The highest BCUT2D eigenvalue weighted by Crippen LogP contribution is 2.22. The van der Waals surface area contributed by atoms with E-state index in [4.69, 9.17) is 10.8 Å². The number of primary amides is 1. The van der Waals surface area contributed by atoms with Gasteiger partial charge in [0.05, 0.1) is 13.2 Å². The average Bonchev–Trinajstić information content (AvgIpc) is 2.28. The molecule has 1 aliphatic carbocycles. The smallest absolute Gasteiger partial charge is 0.318 e. The standard InChI is InChI=1S/C11H21N3O3/c12-11(17)13-10(16)8-14(6-7-15)9-4-2-1-3-5-9/h9,15H,1-8H2,(H3,12,13,16,17). The Hall–Kier alpha value is -1.14. The number of carbonyl (C=O) groups excluding carboxylic acids is 2. The number of hydrogen-bond donors (Lipinski definition) is 3. The van der Waals surface area contributed by atoms with Crippen molar-refractivity contribution in [3.8, 4) is 0 Å². The minimum absolute atomic E-state index is 0.0142. The van der Waals surface area contributed by atoms with Crippen molar-refractivity contribution in [1.29, 1.82) is 0 Å². The van der Waals surface area contributed by atoms with Crippen LogP contribution in [0.4, 0.5) is 4.79 Å². The van der Waals surface area contributed by atoms with Crippen LogP contribution < -0.4 is 11.1 Å². The number of amides is 3. The van der Waals surface area contributed by atoms with E-state index in [1.54, 1.807) is 0 Å². The second-order valence-electron chi connectivity index (χ2n) is 4.40. The fourth-order valence-electron chi connectivity index (χ4n) is 2.33. The molecule has 6 heteroatoms. The highest BCUT2D eigenvalue weighted by molar-refractivity contribution is 5.94. The van der Waals surface area contributed by atoms with Gasteiger partial charge in [-0.25, -0.2) is 4.79 Å². The molecule has 0 atom stereocenters. The van der Waals surface area contributed by atoms with Gasteiger partial charge in [-0.05, 0) is 12.8 Å². The van der Waals surface area contributed by atoms with E-state index in [0.717, 1.165) is 25.7 Å². The monoisotopic (exact) mass is 243 g/mol. The van der Waals surface area contributed by atoms with Gasteiger partial charge >= 0.3 is 6.03 Å². The first-order chi connectivity index (χ1) is 8.13. The molecule has 0 saturated heterocycles. The van der Waals surface area contributed by atoms with E-state index in [-0.39, 0.29) is 13.2 Å². The van der Waals surface area contributed by atoms with Crippen molar-refractivity contribution in [3.63, 3.8) is 0 Å². The molecule has 0 heterocycles. The number of nitrogens with two attached hydrogens (primary N) is 1. The van der Waals surface area contributed by atoms with E-state index < -0.39 is 11.9 Å². The number of rotatable bonds is 5. The molecule has 1 saturated carbocycles. The predicted octanol–water partition coefficient (Wildman–Crippen LogP) is -0.192. The molecule has 0 bridgehead atoms. The van der Waals surface area contributed by atoms with Crippen LogP contribution in [0.25, 0.3) is 0 Å². The normalized spacial score (nSPS) is 17.1. The number of urea groups is 1. The van der Waals surface area contributed by atoms with Gasteiger partial charge in [-0.15, -0.1) is 0 Å². The molecule has 0 unspecified atom stereocenters. The zero-order chi connectivity index (χ0) is 12.7. The lowest BCUT2D eigenvalue weighted by Crippen LogP contribution is -2.47. The molecule has 0 aromatic heterocycles. The van der Waals surface area contributed by atoms with Gasteiger partial charge in [-0.2, -0.15) is 0 Å². The first-order valence-corrected chi connectivity index (χ1v) is 6.07. The highest BCUT2D eigenvalue weighted by Gasteiger charge is 2.22. The molecule has 1 fully saturated rings. The summed E-state index contributed by atoms with van der Waals surface area (Å²) >= 11 is 0. The first-order valence-electron chi connectivity index (χ1n) is 6.07. The lowest BCUT2D eigenvalue weighted by molar-refractivity contribution is -0.122. The Morgan fingerprint density at radius 1 is 1.29 bits per heavy atom. The van der Waals surface area contributed by atoms with Crippen LogP contribution in [0.5, 0.6) is 0 Å². The number of carbonyl (C=O) groups is 2. The quantitative estimate of drug-likeness (QED) is 0.623. The third-order valence-corrected chi connectivity index (χ3v) is 3.09. The van der Waals surface area contributed by atoms with Gasteiger partial charge in [0.1, 0.15) is 0 Å². The molecular formula is C11H21N3O3. The topological polar surface area (TPSA) is 95.7 Å². The number of aliphatic hydroxyl groups excluding tert-OH is 1. The first kappa shape index (κ1) is 13.9. The lowest BCUT2D eigenvalue weighted by atomic mass is 9.94. The molecule has 1 rings (SSSR count). The van der Waals surface area contributed by atoms with E-state index in [0.29, 0.717) is 12.6 Å². The fourth-order valence-corrected chi connectivity index (χ4v) is 2.33. The van der Waals surface area contributed by atoms with Gasteiger partial charge in [0.15, 0.2) is 0 Å². The number of imide groups is 1. The van der Waals surface area contributed by atoms with E-state index in [1.807, 2.05) is 10.2 Å². The van der Waals surface area contributed by atoms with Gasteiger partial charge < -0.3 is 10.8 Å². The molecule has 0 aromatic carbocycles. The van der Waals surface area contributed by atoms with Gasteiger partial charge in [-0.3, -0.25) is 15.0 Å². The minimum atomic E-state index is -0.831. The van der Waals surface area contributed by atoms with Crippen molar-refractivity contribution < 1.29 is 14.7 Å². The van der Waals surface area contributed by atoms with E-state index in [2.05, 4.69) is 0 Å². The zero-order valence-corrected chi connectivity index (χ0v) is 10.0. The molecule has 0 spiro atoms. The summed E-state index contributed by atoms with van der Waals surface area (Å²) in [6.07, 6.45) is 5.64. The number of aliphatic hydroxyl groups is 1. The average molecular weight is 243 g/mol. The van der Waals surface area contributed by atoms with Crippen LogP contribution >= 0.6 is 0 Å². The summed E-state index contributed by atoms with van der Waals surface area (Å²) in [5.74, 6) is -0.406. The molecule has 6 nitrogen and oxygen atoms in total. The Morgan fingerprint density at radius 2 is 1.94 bits per heavy atom. The van der Waals surface area contributed by atoms with Crippen LogP contribution in [0.15, 0.2) is 0 Å². The molecule has 0 radical (unpaired) electrons. The van der Waals surface area contributed by atoms with Crippen molar-refractivity contribution in [3.05, 3.63) is 0 Å². The van der Waals surface area contributed by atoms with Crippen LogP contribution in [0.1, 0.15) is 32.1 Å². The van der Waals surface area contributed by atoms with Crippen molar-refractivity contribution in [2.75, 3.05) is 19.7 Å². The highest BCUT2D eigenvalue weighted by atomic mass is 16.3. The summed E-state index contributed by atoms with van der Waals surface area (Å²) in [5, 5.41) is 11.0. The maximum atomic E-state index is 11.4.